The van der Waals surface area contributed by atoms with Crippen molar-refractivity contribution in [2.75, 3.05) is 13.1 Å². The molecule has 0 aliphatic rings. The van der Waals surface area contributed by atoms with Crippen molar-refractivity contribution >= 4 is 23.8 Å². The molecule has 182 valence electrons. The van der Waals surface area contributed by atoms with Gasteiger partial charge in [-0.15, -0.1) is 0 Å². The lowest BCUT2D eigenvalue weighted by molar-refractivity contribution is -0.144. The van der Waals surface area contributed by atoms with Crippen LogP contribution in [0.15, 0.2) is 54.1 Å². The molecule has 6 nitrogen and oxygen atoms in total. The Morgan fingerprint density at radius 2 is 1.71 bits per heavy atom. The number of allylic oxidation sites excluding steroid dienone is 1. The minimum Gasteiger partial charge on any atom is -0.461 e. The first kappa shape index (κ1) is 26.6. The van der Waals surface area contributed by atoms with Gasteiger partial charge in [0, 0.05) is 30.4 Å². The van der Waals surface area contributed by atoms with E-state index in [0.717, 1.165) is 23.8 Å². The van der Waals surface area contributed by atoms with Gasteiger partial charge in [0.15, 0.2) is 0 Å². The number of amides is 1. The van der Waals surface area contributed by atoms with Gasteiger partial charge >= 0.3 is 12.1 Å². The third kappa shape index (κ3) is 8.02. The second-order valence-electron chi connectivity index (χ2n) is 7.24. The number of rotatable bonds is 11. The predicted octanol–water partition coefficient (Wildman–Crippen LogP) is 4.61. The molecule has 0 bridgehead atoms. The number of hydrogen-bond acceptors (Lipinski definition) is 5. The molecule has 1 amide bonds. The normalized spacial score (nSPS) is 11.9. The molecule has 3 N–H and O–H groups in total. The van der Waals surface area contributed by atoms with E-state index in [1.54, 1.807) is 31.2 Å². The van der Waals surface area contributed by atoms with Gasteiger partial charge in [-0.2, -0.15) is 13.2 Å². The maximum Gasteiger partial charge on any atom is 0.419 e. The van der Waals surface area contributed by atoms with Crippen molar-refractivity contribution in [2.45, 2.75) is 32.5 Å². The molecule has 34 heavy (non-hydrogen) atoms. The van der Waals surface area contributed by atoms with E-state index in [0.29, 0.717) is 6.42 Å². The fraction of sp³-hybridized carbons (Fsp3) is 0.292. The Balaban J connectivity index is 2.10. The highest BCUT2D eigenvalue weighted by Crippen LogP contribution is 2.30. The second kappa shape index (κ2) is 12.5. The Morgan fingerprint density at radius 3 is 2.32 bits per heavy atom. The fourth-order valence-electron chi connectivity index (χ4n) is 2.95. The molecule has 0 atom stereocenters. The van der Waals surface area contributed by atoms with Crippen LogP contribution in [0.5, 0.6) is 0 Å². The van der Waals surface area contributed by atoms with Crippen LogP contribution in [-0.2, 0) is 16.1 Å². The van der Waals surface area contributed by atoms with Gasteiger partial charge in [0.05, 0.1) is 17.7 Å². The maximum absolute atomic E-state index is 14.2. The molecule has 0 unspecified atom stereocenters. The minimum atomic E-state index is -4.85. The standard InChI is InChI=1S/C24H25F4N3O3/c1-2-9-30-22(20(14-29)24(26,27)28)17-11-18(13-19(25)12-17)23(33)31-10-8-21(32)34-15-16-6-4-3-5-7-16/h3-7,11-14,29-30H,2,8-10,15H2,1H3,(H,31,33)/b22-20+,29-14?. The van der Waals surface area contributed by atoms with E-state index in [1.165, 1.54) is 0 Å². The lowest BCUT2D eigenvalue weighted by atomic mass is 10.0. The molecule has 2 aromatic rings. The largest absolute Gasteiger partial charge is 0.461 e. The van der Waals surface area contributed by atoms with Crippen LogP contribution < -0.4 is 10.6 Å². The van der Waals surface area contributed by atoms with Gasteiger partial charge < -0.3 is 20.8 Å². The number of nitrogens with one attached hydrogen (secondary N) is 3. The van der Waals surface area contributed by atoms with Gasteiger partial charge in [-0.3, -0.25) is 9.59 Å². The monoisotopic (exact) mass is 479 g/mol. The van der Waals surface area contributed by atoms with Gasteiger partial charge in [-0.25, -0.2) is 4.39 Å². The first-order valence-corrected chi connectivity index (χ1v) is 10.5. The van der Waals surface area contributed by atoms with Crippen LogP contribution >= 0.6 is 0 Å². The van der Waals surface area contributed by atoms with E-state index in [9.17, 15) is 27.2 Å². The van der Waals surface area contributed by atoms with Gasteiger partial charge in [0.2, 0.25) is 0 Å². The van der Waals surface area contributed by atoms with Gasteiger partial charge in [-0.05, 0) is 30.2 Å². The molecule has 0 aliphatic carbocycles. The second-order valence-corrected chi connectivity index (χ2v) is 7.24. The smallest absolute Gasteiger partial charge is 0.419 e. The predicted molar refractivity (Wildman–Crippen MR) is 120 cm³/mol. The summed E-state index contributed by atoms with van der Waals surface area (Å²) in [4.78, 5) is 24.3. The molecule has 10 heteroatoms. The third-order valence-electron chi connectivity index (χ3n) is 4.58. The van der Waals surface area contributed by atoms with Crippen molar-refractivity contribution in [1.82, 2.24) is 10.6 Å². The van der Waals surface area contributed by atoms with Crippen molar-refractivity contribution in [3.63, 3.8) is 0 Å². The highest BCUT2D eigenvalue weighted by atomic mass is 19.4. The summed E-state index contributed by atoms with van der Waals surface area (Å²) in [6, 6.07) is 11.8. The van der Waals surface area contributed by atoms with Crippen molar-refractivity contribution < 1.29 is 31.9 Å². The number of esters is 1. The summed E-state index contributed by atoms with van der Waals surface area (Å²) in [6.07, 6.45) is -4.37. The quantitative estimate of drug-likeness (QED) is 0.249. The molecule has 0 heterocycles. The van der Waals surface area contributed by atoms with Crippen LogP contribution in [0.3, 0.4) is 0 Å². The molecule has 0 saturated carbocycles. The first-order valence-electron chi connectivity index (χ1n) is 10.5. The van der Waals surface area contributed by atoms with Crippen LogP contribution in [0.1, 0.15) is 41.3 Å². The van der Waals surface area contributed by atoms with E-state index in [-0.39, 0.29) is 43.5 Å². The molecule has 0 radical (unpaired) electrons. The summed E-state index contributed by atoms with van der Waals surface area (Å²) < 4.78 is 59.5. The van der Waals surface area contributed by atoms with Crippen LogP contribution in [0.2, 0.25) is 0 Å². The molecule has 0 spiro atoms. The molecule has 0 aliphatic heterocycles. The Morgan fingerprint density at radius 1 is 1.03 bits per heavy atom. The lowest BCUT2D eigenvalue weighted by Gasteiger charge is -2.18. The van der Waals surface area contributed by atoms with E-state index in [2.05, 4.69) is 10.6 Å². The summed E-state index contributed by atoms with van der Waals surface area (Å²) in [5, 5.41) is 12.2. The van der Waals surface area contributed by atoms with Gasteiger partial charge in [0.25, 0.3) is 5.91 Å². The molecule has 0 fully saturated rings. The Hall–Kier alpha value is -3.69. The summed E-state index contributed by atoms with van der Waals surface area (Å²) in [6.45, 7) is 1.85. The van der Waals surface area contributed by atoms with Crippen molar-refractivity contribution in [3.8, 4) is 0 Å². The van der Waals surface area contributed by atoms with Crippen LogP contribution in [0.4, 0.5) is 17.6 Å². The number of benzene rings is 2. The van der Waals surface area contributed by atoms with E-state index in [4.69, 9.17) is 10.1 Å². The number of alkyl halides is 3. The summed E-state index contributed by atoms with van der Waals surface area (Å²) >= 11 is 0. The molecule has 2 aromatic carbocycles. The summed E-state index contributed by atoms with van der Waals surface area (Å²) in [5.74, 6) is -2.25. The number of hydrogen-bond donors (Lipinski definition) is 3. The van der Waals surface area contributed by atoms with Crippen molar-refractivity contribution in [2.24, 2.45) is 0 Å². The Bertz CT molecular complexity index is 1040. The topological polar surface area (TPSA) is 91.3 Å². The van der Waals surface area contributed by atoms with Crippen LogP contribution in [0.25, 0.3) is 5.70 Å². The maximum atomic E-state index is 14.2. The van der Waals surface area contributed by atoms with Crippen LogP contribution in [-0.4, -0.2) is 37.4 Å². The van der Waals surface area contributed by atoms with Gasteiger partial charge in [0.1, 0.15) is 12.4 Å². The molecule has 0 saturated heterocycles. The first-order chi connectivity index (χ1) is 16.2. The lowest BCUT2D eigenvalue weighted by Crippen LogP contribution is -2.27. The number of carbonyl (C=O) groups excluding carboxylic acids is 2. The number of halogens is 4. The zero-order valence-corrected chi connectivity index (χ0v) is 18.5. The molecule has 2 rings (SSSR count). The Kier molecular flexibility index (Phi) is 9.78. The summed E-state index contributed by atoms with van der Waals surface area (Å²) in [7, 11) is 0. The molecular formula is C24H25F4N3O3. The average molecular weight is 479 g/mol. The Labute approximate surface area is 194 Å². The highest BCUT2D eigenvalue weighted by molar-refractivity contribution is 5.96. The SMILES string of the molecule is CCCN/C(=C(\C=N)C(F)(F)F)c1cc(F)cc(C(=O)NCCC(=O)OCc2ccccc2)c1. The summed E-state index contributed by atoms with van der Waals surface area (Å²) in [5.41, 5.74) is -1.44. The van der Waals surface area contributed by atoms with Crippen molar-refractivity contribution in [3.05, 3.63) is 76.6 Å². The van der Waals surface area contributed by atoms with E-state index in [1.807, 2.05) is 6.07 Å². The van der Waals surface area contributed by atoms with E-state index >= 15 is 0 Å². The molecule has 0 aromatic heterocycles. The van der Waals surface area contributed by atoms with Crippen molar-refractivity contribution in [1.29, 1.82) is 5.41 Å². The number of ether oxygens (including phenoxy) is 1. The van der Waals surface area contributed by atoms with E-state index < -0.39 is 35.1 Å². The zero-order valence-electron chi connectivity index (χ0n) is 18.5. The average Bonchev–Trinajstić information content (AvgIpc) is 2.79. The minimum absolute atomic E-state index is 0.0787. The van der Waals surface area contributed by atoms with Gasteiger partial charge in [-0.1, -0.05) is 37.3 Å². The zero-order chi connectivity index (χ0) is 25.1. The highest BCUT2D eigenvalue weighted by Gasteiger charge is 2.35. The molecular weight excluding hydrogens is 454 g/mol. The fourth-order valence-corrected chi connectivity index (χ4v) is 2.95. The third-order valence-corrected chi connectivity index (χ3v) is 4.58. The number of carbonyl (C=O) groups is 2. The van der Waals surface area contributed by atoms with Crippen LogP contribution in [0, 0.1) is 11.2 Å².